The van der Waals surface area contributed by atoms with E-state index in [2.05, 4.69) is 35.2 Å². The number of hydrogen-bond acceptors (Lipinski definition) is 4. The van der Waals surface area contributed by atoms with Gasteiger partial charge in [-0.15, -0.1) is 0 Å². The van der Waals surface area contributed by atoms with E-state index >= 15 is 0 Å². The van der Waals surface area contributed by atoms with Crippen molar-refractivity contribution >= 4 is 0 Å². The molecule has 0 fully saturated rings. The van der Waals surface area contributed by atoms with Crippen LogP contribution in [0.25, 0.3) is 0 Å². The molecule has 1 N–H and O–H groups in total. The Balaban J connectivity index is 2.09. The van der Waals surface area contributed by atoms with E-state index in [1.54, 1.807) is 13.3 Å². The lowest BCUT2D eigenvalue weighted by atomic mass is 10.0. The summed E-state index contributed by atoms with van der Waals surface area (Å²) in [6, 6.07) is 10.2. The molecule has 2 heterocycles. The second-order valence-electron chi connectivity index (χ2n) is 5.49. The number of ether oxygens (including phenoxy) is 1. The fourth-order valence-corrected chi connectivity index (χ4v) is 2.34. The predicted molar refractivity (Wildman–Crippen MR) is 84.1 cm³/mol. The van der Waals surface area contributed by atoms with E-state index in [4.69, 9.17) is 4.74 Å². The van der Waals surface area contributed by atoms with Gasteiger partial charge in [0.05, 0.1) is 12.8 Å². The van der Waals surface area contributed by atoms with Gasteiger partial charge in [0, 0.05) is 30.5 Å². The normalized spacial score (nSPS) is 12.4. The lowest BCUT2D eigenvalue weighted by Crippen LogP contribution is -2.23. The smallest absolute Gasteiger partial charge is 0.217 e. The fourth-order valence-electron chi connectivity index (χ4n) is 2.34. The number of aromatic nitrogens is 2. The van der Waals surface area contributed by atoms with Gasteiger partial charge in [-0.25, -0.2) is 4.98 Å². The third-order valence-corrected chi connectivity index (χ3v) is 3.33. The van der Waals surface area contributed by atoms with E-state index in [9.17, 15) is 0 Å². The van der Waals surface area contributed by atoms with Crippen molar-refractivity contribution in [2.24, 2.45) is 5.92 Å². The summed E-state index contributed by atoms with van der Waals surface area (Å²) in [4.78, 5) is 8.71. The van der Waals surface area contributed by atoms with Crippen LogP contribution in [0.5, 0.6) is 5.88 Å². The number of rotatable bonds is 7. The lowest BCUT2D eigenvalue weighted by Gasteiger charge is -2.20. The molecule has 1 atom stereocenters. The van der Waals surface area contributed by atoms with Gasteiger partial charge in [-0.2, -0.15) is 0 Å². The summed E-state index contributed by atoms with van der Waals surface area (Å²) >= 11 is 0. The number of nitrogens with zero attached hydrogens (tertiary/aromatic N) is 2. The molecule has 4 nitrogen and oxygen atoms in total. The molecular weight excluding hydrogens is 262 g/mol. The van der Waals surface area contributed by atoms with Gasteiger partial charge in [0.1, 0.15) is 0 Å². The molecule has 0 unspecified atom stereocenters. The lowest BCUT2D eigenvalue weighted by molar-refractivity contribution is 0.381. The first-order valence-electron chi connectivity index (χ1n) is 7.33. The Morgan fingerprint density at radius 3 is 2.57 bits per heavy atom. The Morgan fingerprint density at radius 1 is 1.10 bits per heavy atom. The van der Waals surface area contributed by atoms with Gasteiger partial charge in [0.2, 0.25) is 5.88 Å². The summed E-state index contributed by atoms with van der Waals surface area (Å²) in [5, 5.41) is 3.58. The minimum atomic E-state index is 0.233. The largest absolute Gasteiger partial charge is 0.481 e. The highest BCUT2D eigenvalue weighted by Gasteiger charge is 2.15. The minimum Gasteiger partial charge on any atom is -0.481 e. The molecular formula is C17H23N3O. The van der Waals surface area contributed by atoms with Crippen molar-refractivity contribution in [1.82, 2.24) is 15.3 Å². The van der Waals surface area contributed by atoms with Crippen LogP contribution in [-0.4, -0.2) is 17.1 Å². The minimum absolute atomic E-state index is 0.233. The number of pyridine rings is 2. The van der Waals surface area contributed by atoms with Crippen molar-refractivity contribution < 1.29 is 4.74 Å². The molecule has 4 heteroatoms. The summed E-state index contributed by atoms with van der Waals surface area (Å²) in [5.41, 5.74) is 2.14. The maximum absolute atomic E-state index is 5.30. The molecule has 0 saturated carbocycles. The summed E-state index contributed by atoms with van der Waals surface area (Å²) in [6.45, 7) is 5.16. The van der Waals surface area contributed by atoms with Crippen molar-refractivity contribution in [2.45, 2.75) is 32.9 Å². The molecule has 0 bridgehead atoms. The van der Waals surface area contributed by atoms with E-state index in [0.29, 0.717) is 18.3 Å². The Hall–Kier alpha value is -1.94. The van der Waals surface area contributed by atoms with Crippen LogP contribution in [0.3, 0.4) is 0 Å². The first-order chi connectivity index (χ1) is 10.2. The second-order valence-corrected chi connectivity index (χ2v) is 5.49. The molecule has 2 aromatic rings. The summed E-state index contributed by atoms with van der Waals surface area (Å²) < 4.78 is 5.30. The first-order valence-corrected chi connectivity index (χ1v) is 7.33. The average molecular weight is 285 g/mol. The highest BCUT2D eigenvalue weighted by Crippen LogP contribution is 2.21. The van der Waals surface area contributed by atoms with E-state index in [-0.39, 0.29) is 6.04 Å². The number of nitrogens with one attached hydrogen (secondary N) is 1. The SMILES string of the molecule is COc1ncccc1CN[C@H](CC(C)C)c1ccccn1. The first kappa shape index (κ1) is 15.4. The maximum Gasteiger partial charge on any atom is 0.217 e. The average Bonchev–Trinajstić information content (AvgIpc) is 2.52. The zero-order valence-corrected chi connectivity index (χ0v) is 12.9. The van der Waals surface area contributed by atoms with Crippen LogP contribution in [0.2, 0.25) is 0 Å². The number of methoxy groups -OCH3 is 1. The van der Waals surface area contributed by atoms with Crippen molar-refractivity contribution in [3.05, 3.63) is 54.0 Å². The van der Waals surface area contributed by atoms with Crippen LogP contribution >= 0.6 is 0 Å². The van der Waals surface area contributed by atoms with Gasteiger partial charge >= 0.3 is 0 Å². The summed E-state index contributed by atoms with van der Waals surface area (Å²) in [7, 11) is 1.65. The Morgan fingerprint density at radius 2 is 1.90 bits per heavy atom. The van der Waals surface area contributed by atoms with Crippen LogP contribution in [0.15, 0.2) is 42.7 Å². The Kier molecular flexibility index (Phi) is 5.69. The van der Waals surface area contributed by atoms with E-state index in [1.165, 1.54) is 0 Å². The quantitative estimate of drug-likeness (QED) is 0.847. The predicted octanol–water partition coefficient (Wildman–Crippen LogP) is 3.36. The molecule has 0 spiro atoms. The molecule has 0 radical (unpaired) electrons. The van der Waals surface area contributed by atoms with E-state index in [1.807, 2.05) is 30.5 Å². The summed E-state index contributed by atoms with van der Waals surface area (Å²) in [6.07, 6.45) is 4.63. The van der Waals surface area contributed by atoms with Gasteiger partial charge in [-0.1, -0.05) is 26.0 Å². The monoisotopic (exact) mass is 285 g/mol. The maximum atomic E-state index is 5.30. The molecule has 0 amide bonds. The third-order valence-electron chi connectivity index (χ3n) is 3.33. The highest BCUT2D eigenvalue weighted by atomic mass is 16.5. The molecule has 0 aromatic carbocycles. The van der Waals surface area contributed by atoms with Crippen molar-refractivity contribution in [2.75, 3.05) is 7.11 Å². The van der Waals surface area contributed by atoms with Crippen LogP contribution < -0.4 is 10.1 Å². The summed E-state index contributed by atoms with van der Waals surface area (Å²) in [5.74, 6) is 1.27. The zero-order valence-electron chi connectivity index (χ0n) is 12.9. The van der Waals surface area contributed by atoms with Crippen LogP contribution in [0.1, 0.15) is 37.6 Å². The van der Waals surface area contributed by atoms with Gasteiger partial charge in [0.25, 0.3) is 0 Å². The van der Waals surface area contributed by atoms with Crippen molar-refractivity contribution in [3.63, 3.8) is 0 Å². The topological polar surface area (TPSA) is 47.0 Å². The van der Waals surface area contributed by atoms with Gasteiger partial charge in [0.15, 0.2) is 0 Å². The molecule has 0 aliphatic heterocycles. The Labute approximate surface area is 126 Å². The van der Waals surface area contributed by atoms with Crippen LogP contribution in [-0.2, 0) is 6.54 Å². The van der Waals surface area contributed by atoms with Gasteiger partial charge < -0.3 is 10.1 Å². The van der Waals surface area contributed by atoms with Crippen LogP contribution in [0.4, 0.5) is 0 Å². The Bertz CT molecular complexity index is 543. The van der Waals surface area contributed by atoms with Crippen LogP contribution in [0, 0.1) is 5.92 Å². The molecule has 0 aliphatic rings. The molecule has 21 heavy (non-hydrogen) atoms. The number of hydrogen-bond donors (Lipinski definition) is 1. The van der Waals surface area contributed by atoms with E-state index < -0.39 is 0 Å². The highest BCUT2D eigenvalue weighted by molar-refractivity contribution is 5.25. The molecule has 2 rings (SSSR count). The van der Waals surface area contributed by atoms with Crippen molar-refractivity contribution in [1.29, 1.82) is 0 Å². The molecule has 112 valence electrons. The van der Waals surface area contributed by atoms with Crippen molar-refractivity contribution in [3.8, 4) is 5.88 Å². The third kappa shape index (κ3) is 4.53. The van der Waals surface area contributed by atoms with Gasteiger partial charge in [-0.3, -0.25) is 4.98 Å². The van der Waals surface area contributed by atoms with E-state index in [0.717, 1.165) is 17.7 Å². The molecule has 0 saturated heterocycles. The zero-order chi connectivity index (χ0) is 15.1. The molecule has 0 aliphatic carbocycles. The fraction of sp³-hybridized carbons (Fsp3) is 0.412. The molecule has 2 aromatic heterocycles. The standard InChI is InChI=1S/C17H23N3O/c1-13(2)11-16(15-8-4-5-9-18-15)20-12-14-7-6-10-19-17(14)21-3/h4-10,13,16,20H,11-12H2,1-3H3/t16-/m1/s1. The van der Waals surface area contributed by atoms with Gasteiger partial charge in [-0.05, 0) is 30.5 Å². The second kappa shape index (κ2) is 7.74.